The number of nitrogen functional groups attached to an aromatic ring is 1. The Hall–Kier alpha value is -5.02. The quantitative estimate of drug-likeness (QED) is 0.106. The normalized spacial score (nSPS) is 13.3. The third-order valence-corrected chi connectivity index (χ3v) is 14.0. The lowest BCUT2D eigenvalue weighted by Gasteiger charge is -2.30. The molecule has 14 heteroatoms. The van der Waals surface area contributed by atoms with E-state index in [0.29, 0.717) is 44.5 Å². The van der Waals surface area contributed by atoms with E-state index in [-0.39, 0.29) is 17.1 Å². The van der Waals surface area contributed by atoms with Gasteiger partial charge < -0.3 is 5.73 Å². The van der Waals surface area contributed by atoms with Crippen molar-refractivity contribution < 1.29 is 21.8 Å². The first-order chi connectivity index (χ1) is 23.9. The van der Waals surface area contributed by atoms with Gasteiger partial charge in [0, 0.05) is 17.3 Å². The van der Waals surface area contributed by atoms with Gasteiger partial charge in [-0.05, 0) is 78.2 Å². The van der Waals surface area contributed by atoms with Gasteiger partial charge in [-0.15, -0.1) is 22.7 Å². The Balaban J connectivity index is 0.000000157. The molecule has 2 aromatic heterocycles. The van der Waals surface area contributed by atoms with E-state index in [9.17, 15) is 26.9 Å². The van der Waals surface area contributed by atoms with Gasteiger partial charge in [0.15, 0.2) is 0 Å². The van der Waals surface area contributed by atoms with Gasteiger partial charge >= 0.3 is 0 Å². The van der Waals surface area contributed by atoms with Crippen molar-refractivity contribution in [1.29, 1.82) is 0 Å². The Morgan fingerprint density at radius 2 is 1.08 bits per heavy atom. The fourth-order valence-corrected chi connectivity index (χ4v) is 11.1. The number of thiophene rings is 2. The molecule has 0 bridgehead atoms. The van der Waals surface area contributed by atoms with Gasteiger partial charge in [0.1, 0.15) is 0 Å². The first-order valence-electron chi connectivity index (χ1n) is 15.4. The molecule has 0 radical (unpaired) electrons. The van der Waals surface area contributed by atoms with Crippen molar-refractivity contribution >= 4 is 65.5 Å². The molecular weight excluding hydrogens is 713 g/mol. The zero-order valence-electron chi connectivity index (χ0n) is 26.8. The summed E-state index contributed by atoms with van der Waals surface area (Å²) < 4.78 is 55.5. The minimum atomic E-state index is -3.77. The molecule has 0 fully saturated rings. The Kier molecular flexibility index (Phi) is 8.50. The standard InChI is InChI=1S/C18H14N2O4S2.C18H16N2O2S2/c1-12-5-7-14(8-6-12)26(23,24)19-11-13-3-2-4-15(20(21)22)17(13)18-16(19)9-10-25-18;1-12-5-7-14(8-6-12)24(21,22)20-11-13-3-2-4-15(19)17(13)18-16(20)9-10-23-18/h2-10H,11H2,1H3;2-10H,11,19H2,1H3. The van der Waals surface area contributed by atoms with Gasteiger partial charge in [-0.25, -0.2) is 16.8 Å². The Morgan fingerprint density at radius 1 is 0.640 bits per heavy atom. The lowest BCUT2D eigenvalue weighted by atomic mass is 10.00. The lowest BCUT2D eigenvalue weighted by molar-refractivity contribution is -0.384. The minimum Gasteiger partial charge on any atom is -0.398 e. The second-order valence-electron chi connectivity index (χ2n) is 11.9. The van der Waals surface area contributed by atoms with Crippen LogP contribution in [-0.2, 0) is 33.1 Å². The number of benzene rings is 4. The third-order valence-electron chi connectivity index (χ3n) is 8.63. The van der Waals surface area contributed by atoms with Crippen LogP contribution in [0.4, 0.5) is 22.7 Å². The van der Waals surface area contributed by atoms with Crippen molar-refractivity contribution in [3.05, 3.63) is 140 Å². The minimum absolute atomic E-state index is 0.00131. The molecule has 10 nitrogen and oxygen atoms in total. The van der Waals surface area contributed by atoms with E-state index in [0.717, 1.165) is 27.1 Å². The van der Waals surface area contributed by atoms with Crippen LogP contribution in [0, 0.1) is 24.0 Å². The maximum Gasteiger partial charge on any atom is 0.278 e. The van der Waals surface area contributed by atoms with E-state index >= 15 is 0 Å². The van der Waals surface area contributed by atoms with E-state index in [1.165, 1.54) is 37.4 Å². The number of sulfonamides is 2. The molecular formula is C36H30N4O6S4. The molecule has 0 saturated carbocycles. The number of nitrogens with zero attached hydrogens (tertiary/aromatic N) is 3. The summed E-state index contributed by atoms with van der Waals surface area (Å²) >= 11 is 2.82. The number of nitro groups is 1. The van der Waals surface area contributed by atoms with Crippen LogP contribution in [0.2, 0.25) is 0 Å². The molecule has 2 aliphatic heterocycles. The monoisotopic (exact) mass is 742 g/mol. The number of aryl methyl sites for hydroxylation is 2. The molecule has 2 aliphatic rings. The summed E-state index contributed by atoms with van der Waals surface area (Å²) in [6.45, 7) is 4.19. The number of hydrogen-bond donors (Lipinski definition) is 1. The predicted molar refractivity (Wildman–Crippen MR) is 200 cm³/mol. The zero-order chi connectivity index (χ0) is 35.4. The molecule has 0 atom stereocenters. The lowest BCUT2D eigenvalue weighted by Crippen LogP contribution is -2.32. The Bertz CT molecular complexity index is 2490. The van der Waals surface area contributed by atoms with Crippen molar-refractivity contribution in [2.75, 3.05) is 14.3 Å². The van der Waals surface area contributed by atoms with Crippen LogP contribution >= 0.6 is 22.7 Å². The highest BCUT2D eigenvalue weighted by atomic mass is 32.2. The summed E-state index contributed by atoms with van der Waals surface area (Å²) in [5.74, 6) is 0. The summed E-state index contributed by atoms with van der Waals surface area (Å²) in [4.78, 5) is 13.0. The largest absolute Gasteiger partial charge is 0.398 e. The van der Waals surface area contributed by atoms with Crippen LogP contribution in [0.25, 0.3) is 20.9 Å². The molecule has 8 rings (SSSR count). The second-order valence-corrected chi connectivity index (χ2v) is 17.4. The van der Waals surface area contributed by atoms with Gasteiger partial charge in [0.2, 0.25) is 0 Å². The molecule has 4 heterocycles. The van der Waals surface area contributed by atoms with Crippen LogP contribution in [0.1, 0.15) is 22.3 Å². The molecule has 0 aliphatic carbocycles. The van der Waals surface area contributed by atoms with Crippen molar-refractivity contribution in [3.63, 3.8) is 0 Å². The average molecular weight is 743 g/mol. The van der Waals surface area contributed by atoms with Crippen molar-refractivity contribution in [2.24, 2.45) is 0 Å². The van der Waals surface area contributed by atoms with Gasteiger partial charge in [-0.3, -0.25) is 18.7 Å². The molecule has 50 heavy (non-hydrogen) atoms. The molecule has 0 spiro atoms. The number of rotatable bonds is 5. The van der Waals surface area contributed by atoms with E-state index in [2.05, 4.69) is 0 Å². The second kappa shape index (κ2) is 12.7. The SMILES string of the molecule is Cc1ccc(S(=O)(=O)N2Cc3cccc(N)c3-c3sccc32)cc1.Cc1ccc(S(=O)(=O)N2Cc3cccc([N+](=O)[O-])c3-c3sccc32)cc1. The van der Waals surface area contributed by atoms with Crippen molar-refractivity contribution in [3.8, 4) is 20.9 Å². The van der Waals surface area contributed by atoms with E-state index in [1.807, 2.05) is 55.6 Å². The van der Waals surface area contributed by atoms with Gasteiger partial charge in [0.25, 0.3) is 25.7 Å². The highest BCUT2D eigenvalue weighted by Gasteiger charge is 2.36. The van der Waals surface area contributed by atoms with Crippen LogP contribution < -0.4 is 14.3 Å². The van der Waals surface area contributed by atoms with Crippen LogP contribution in [0.3, 0.4) is 0 Å². The number of fused-ring (bicyclic) bond motifs is 6. The first-order valence-corrected chi connectivity index (χ1v) is 20.0. The van der Waals surface area contributed by atoms with E-state index in [1.54, 1.807) is 60.0 Å². The zero-order valence-corrected chi connectivity index (χ0v) is 30.1. The number of nitrogens with two attached hydrogens (primary N) is 1. The van der Waals surface area contributed by atoms with E-state index in [4.69, 9.17) is 5.73 Å². The predicted octanol–water partition coefficient (Wildman–Crippen LogP) is 8.36. The van der Waals surface area contributed by atoms with Crippen molar-refractivity contribution in [1.82, 2.24) is 0 Å². The van der Waals surface area contributed by atoms with Crippen LogP contribution in [0.15, 0.2) is 118 Å². The summed E-state index contributed by atoms with van der Waals surface area (Å²) in [5.41, 5.74) is 13.0. The molecule has 6 aromatic rings. The summed E-state index contributed by atoms with van der Waals surface area (Å²) in [5, 5.41) is 15.1. The molecule has 0 unspecified atom stereocenters. The van der Waals surface area contributed by atoms with Gasteiger partial charge in [-0.2, -0.15) is 0 Å². The maximum atomic E-state index is 13.2. The first kappa shape index (κ1) is 33.5. The molecule has 4 aromatic carbocycles. The fourth-order valence-electron chi connectivity index (χ4n) is 6.12. The van der Waals surface area contributed by atoms with Gasteiger partial charge in [0.05, 0.1) is 54.5 Å². The highest BCUT2D eigenvalue weighted by Crippen LogP contribution is 2.49. The number of anilines is 3. The smallest absolute Gasteiger partial charge is 0.278 e. The van der Waals surface area contributed by atoms with E-state index < -0.39 is 25.0 Å². The Labute approximate surface area is 297 Å². The Morgan fingerprint density at radius 3 is 1.56 bits per heavy atom. The highest BCUT2D eigenvalue weighted by molar-refractivity contribution is 7.93. The van der Waals surface area contributed by atoms with Crippen LogP contribution in [0.5, 0.6) is 0 Å². The summed E-state index contributed by atoms with van der Waals surface area (Å²) in [7, 11) is -7.39. The molecule has 0 saturated heterocycles. The topological polar surface area (TPSA) is 144 Å². The molecule has 0 amide bonds. The maximum absolute atomic E-state index is 13.2. The van der Waals surface area contributed by atoms with Crippen LogP contribution in [-0.4, -0.2) is 21.8 Å². The molecule has 254 valence electrons. The molecule has 2 N–H and O–H groups in total. The number of hydrogen-bond acceptors (Lipinski definition) is 9. The number of nitro benzene ring substituents is 1. The van der Waals surface area contributed by atoms with Crippen molar-refractivity contribution in [2.45, 2.75) is 36.7 Å². The summed E-state index contributed by atoms with van der Waals surface area (Å²) in [6.07, 6.45) is 0. The average Bonchev–Trinajstić information content (AvgIpc) is 3.79. The van der Waals surface area contributed by atoms with Gasteiger partial charge in [-0.1, -0.05) is 59.7 Å². The third kappa shape index (κ3) is 5.73. The fraction of sp³-hybridized carbons (Fsp3) is 0.111. The summed E-state index contributed by atoms with van der Waals surface area (Å²) in [6, 6.07) is 27.6.